The first-order valence-corrected chi connectivity index (χ1v) is 24.4. The van der Waals surface area contributed by atoms with Crippen molar-refractivity contribution in [2.45, 2.75) is 200 Å². The highest BCUT2D eigenvalue weighted by molar-refractivity contribution is 5.85. The molecule has 6 aliphatic rings. The van der Waals surface area contributed by atoms with Gasteiger partial charge in [-0.1, -0.05) is 35.1 Å². The highest BCUT2D eigenvalue weighted by Gasteiger charge is 2.50. The second kappa shape index (κ2) is 20.7. The zero-order chi connectivity index (χ0) is 47.4. The van der Waals surface area contributed by atoms with Gasteiger partial charge in [-0.05, 0) is 129 Å². The quantitative estimate of drug-likeness (QED) is 0.209. The van der Waals surface area contributed by atoms with Crippen molar-refractivity contribution in [1.82, 2.24) is 39.6 Å². The average Bonchev–Trinajstić information content (AvgIpc) is 3.99. The average molecular weight is 974 g/mol. The molecule has 2 saturated heterocycles. The van der Waals surface area contributed by atoms with E-state index in [1.165, 1.54) is 0 Å². The molecule has 4 aliphatic heterocycles. The van der Waals surface area contributed by atoms with Gasteiger partial charge in [-0.25, -0.2) is 22.4 Å². The first-order valence-electron chi connectivity index (χ1n) is 24.4. The number of carbonyl (C=O) groups is 1. The van der Waals surface area contributed by atoms with Crippen LogP contribution in [0.4, 0.5) is 22.4 Å². The number of rotatable bonds is 12. The van der Waals surface area contributed by atoms with Crippen molar-refractivity contribution < 1.29 is 36.6 Å². The molecule has 0 atom stereocenters. The Labute approximate surface area is 405 Å². The summed E-state index contributed by atoms with van der Waals surface area (Å²) in [6.07, 6.45) is 9.32. The van der Waals surface area contributed by atoms with Crippen LogP contribution in [-0.2, 0) is 53.2 Å². The van der Waals surface area contributed by atoms with E-state index in [0.29, 0.717) is 37.8 Å². The molecule has 0 unspecified atom stereocenters. The van der Waals surface area contributed by atoms with Crippen LogP contribution in [0.5, 0.6) is 0 Å². The summed E-state index contributed by atoms with van der Waals surface area (Å²) in [6.45, 7) is 19.8. The van der Waals surface area contributed by atoms with Crippen LogP contribution in [0.3, 0.4) is 0 Å². The number of likely N-dealkylation sites (N-methyl/N-ethyl adjacent to an activating group) is 4. The summed E-state index contributed by atoms with van der Waals surface area (Å²) < 4.78 is 77.9. The Kier molecular flexibility index (Phi) is 17.1. The molecule has 2 spiro atoms. The van der Waals surface area contributed by atoms with Crippen molar-refractivity contribution in [1.29, 1.82) is 0 Å². The minimum absolute atomic E-state index is 0. The number of aromatic nitrogens is 4. The Morgan fingerprint density at radius 3 is 1.49 bits per heavy atom. The van der Waals surface area contributed by atoms with E-state index in [1.807, 2.05) is 34.9 Å². The van der Waals surface area contributed by atoms with E-state index in [-0.39, 0.29) is 79.8 Å². The molecule has 67 heavy (non-hydrogen) atoms. The van der Waals surface area contributed by atoms with Gasteiger partial charge in [0.2, 0.25) is 0 Å². The fraction of sp³-hybridized carbons (Fsp3) is 0.860. The van der Waals surface area contributed by atoms with Crippen LogP contribution >= 0.6 is 12.4 Å². The number of alkyl halides is 4. The number of hydrogen-bond donors (Lipinski definition) is 1. The third-order valence-corrected chi connectivity index (χ3v) is 14.8. The number of ether oxygens (including phenoxy) is 3. The maximum absolute atomic E-state index is 14.3. The molecule has 8 rings (SSSR count). The van der Waals surface area contributed by atoms with Crippen LogP contribution in [-0.4, -0.2) is 137 Å². The molecular weight excluding hydrogens is 888 g/mol. The molecular formula is C50H85ClF4N8O4. The largest absolute Gasteiger partial charge is 0.444 e. The Hall–Kier alpha value is -2.50. The molecule has 384 valence electrons. The predicted octanol–water partition coefficient (Wildman–Crippen LogP) is 9.84. The highest BCUT2D eigenvalue weighted by atomic mass is 35.5. The summed E-state index contributed by atoms with van der Waals surface area (Å²) in [5.74, 6) is -4.85. The third-order valence-electron chi connectivity index (χ3n) is 14.8. The molecule has 17 heteroatoms. The van der Waals surface area contributed by atoms with Crippen LogP contribution in [0.15, 0.2) is 0 Å². The van der Waals surface area contributed by atoms with Crippen LogP contribution in [0, 0.1) is 10.8 Å². The number of fused-ring (bicyclic) bond motifs is 2. The van der Waals surface area contributed by atoms with E-state index >= 15 is 0 Å². The summed E-state index contributed by atoms with van der Waals surface area (Å²) in [7, 11) is 7.72. The summed E-state index contributed by atoms with van der Waals surface area (Å²) in [4.78, 5) is 18.2. The van der Waals surface area contributed by atoms with Gasteiger partial charge in [-0.15, -0.1) is 12.4 Å². The lowest BCUT2D eigenvalue weighted by Gasteiger charge is -2.37. The molecule has 6 heterocycles. The second-order valence-corrected chi connectivity index (χ2v) is 23.6. The summed E-state index contributed by atoms with van der Waals surface area (Å²) in [6, 6.07) is 0. The van der Waals surface area contributed by atoms with Crippen LogP contribution in [0.25, 0.3) is 0 Å². The second-order valence-electron chi connectivity index (χ2n) is 23.6. The van der Waals surface area contributed by atoms with Crippen molar-refractivity contribution in [2.75, 3.05) is 67.6 Å². The fourth-order valence-corrected chi connectivity index (χ4v) is 11.9. The van der Waals surface area contributed by atoms with E-state index in [9.17, 15) is 22.4 Å². The Bertz CT molecular complexity index is 1980. The minimum Gasteiger partial charge on any atom is -0.444 e. The first-order chi connectivity index (χ1) is 30.2. The molecule has 2 aromatic rings. The maximum Gasteiger partial charge on any atom is 0.410 e. The van der Waals surface area contributed by atoms with Crippen molar-refractivity contribution in [2.24, 2.45) is 10.8 Å². The number of nitrogens with zero attached hydrogens (tertiary/aromatic N) is 7. The zero-order valence-electron chi connectivity index (χ0n) is 41.9. The Balaban J connectivity index is 0.000000249. The van der Waals surface area contributed by atoms with E-state index in [2.05, 4.69) is 60.1 Å². The number of nitrogens with one attached hydrogen (secondary N) is 1. The van der Waals surface area contributed by atoms with Crippen molar-refractivity contribution in [3.05, 3.63) is 33.9 Å². The number of amides is 1. The number of hydrogen-bond acceptors (Lipinski definition) is 9. The predicted molar refractivity (Wildman–Crippen MR) is 258 cm³/mol. The molecule has 2 saturated carbocycles. The van der Waals surface area contributed by atoms with Crippen molar-refractivity contribution >= 4 is 18.5 Å². The standard InChI is InChI=1S/C27H44F2N4O3.C22H36F2N4O.CH4.ClH/c1-24(2,3)36-23(34)32(7)13-12-31(6)15-20-22(21-14-27(28,29)17-33(21)30-20)19-8-10-26(11-9-19)16-25(4,5)18-35-26;1-20(2)13-21(29-15-20)7-5-16(6-8-21)19-17(12-27(4)10-9-25-3)26-28-14-22(23,24)11-18(19)28;;/h19H,8-18H2,1-7H3;16,25H,5-15H2,1-4H3;1H4;1H. The monoisotopic (exact) mass is 973 g/mol. The summed E-state index contributed by atoms with van der Waals surface area (Å²) >= 11 is 0. The molecule has 2 aliphatic carbocycles. The van der Waals surface area contributed by atoms with E-state index < -0.39 is 17.4 Å². The van der Waals surface area contributed by atoms with Gasteiger partial charge in [0, 0.05) is 68.8 Å². The van der Waals surface area contributed by atoms with Gasteiger partial charge in [0.05, 0.1) is 48.6 Å². The zero-order valence-corrected chi connectivity index (χ0v) is 42.7. The van der Waals surface area contributed by atoms with Gasteiger partial charge in [0.15, 0.2) is 0 Å². The van der Waals surface area contributed by atoms with E-state index in [1.54, 1.807) is 21.3 Å². The molecule has 0 aromatic carbocycles. The molecule has 2 aromatic heterocycles. The molecule has 1 N–H and O–H groups in total. The number of carbonyl (C=O) groups excluding carboxylic acids is 1. The van der Waals surface area contributed by atoms with Crippen LogP contribution in [0.1, 0.15) is 166 Å². The van der Waals surface area contributed by atoms with E-state index in [4.69, 9.17) is 14.2 Å². The summed E-state index contributed by atoms with van der Waals surface area (Å²) in [5, 5.41) is 12.5. The van der Waals surface area contributed by atoms with Gasteiger partial charge < -0.3 is 24.4 Å². The lowest BCUT2D eigenvalue weighted by atomic mass is 9.71. The van der Waals surface area contributed by atoms with Gasteiger partial charge in [-0.3, -0.25) is 19.2 Å². The molecule has 12 nitrogen and oxygen atoms in total. The normalized spacial score (nSPS) is 27.7. The van der Waals surface area contributed by atoms with Gasteiger partial charge in [0.25, 0.3) is 11.8 Å². The topological polar surface area (TPSA) is 102 Å². The number of halogens is 5. The van der Waals surface area contributed by atoms with Gasteiger partial charge in [-0.2, -0.15) is 10.2 Å². The molecule has 0 radical (unpaired) electrons. The maximum atomic E-state index is 14.3. The SMILES string of the molecule is C.CN(CCN(C)C(=O)OC(C)(C)C)Cc1nn2c(c1C1CCC3(CC1)CC(C)(C)CO3)CC(F)(F)C2.CNCCN(C)Cc1nn2c(c1C1CCC3(CC1)CC(C)(C)CO3)CC(F)(F)C2.Cl. The van der Waals surface area contributed by atoms with Crippen LogP contribution < -0.4 is 5.32 Å². The fourth-order valence-electron chi connectivity index (χ4n) is 11.9. The van der Waals surface area contributed by atoms with Crippen molar-refractivity contribution in [3.8, 4) is 0 Å². The lowest BCUT2D eigenvalue weighted by molar-refractivity contribution is -0.0297. The Morgan fingerprint density at radius 2 is 1.13 bits per heavy atom. The smallest absolute Gasteiger partial charge is 0.410 e. The van der Waals surface area contributed by atoms with Gasteiger partial charge in [0.1, 0.15) is 18.7 Å². The third kappa shape index (κ3) is 13.5. The van der Waals surface area contributed by atoms with E-state index in [0.717, 1.165) is 119 Å². The van der Waals surface area contributed by atoms with Crippen molar-refractivity contribution in [3.63, 3.8) is 0 Å². The first kappa shape index (κ1) is 55.4. The molecule has 1 amide bonds. The summed E-state index contributed by atoms with van der Waals surface area (Å²) in [5.41, 5.74) is 5.40. The molecule has 4 fully saturated rings. The minimum atomic E-state index is -2.73. The highest BCUT2D eigenvalue weighted by Crippen LogP contribution is 2.53. The molecule has 0 bridgehead atoms. The lowest BCUT2D eigenvalue weighted by Crippen LogP contribution is -2.38. The van der Waals surface area contributed by atoms with Crippen LogP contribution in [0.2, 0.25) is 0 Å². The Morgan fingerprint density at radius 1 is 0.731 bits per heavy atom. The van der Waals surface area contributed by atoms with Gasteiger partial charge >= 0.3 is 6.09 Å².